The van der Waals surface area contributed by atoms with Crippen LogP contribution in [0.5, 0.6) is 0 Å². The van der Waals surface area contributed by atoms with Crippen LogP contribution in [-0.4, -0.2) is 23.1 Å². The summed E-state index contributed by atoms with van der Waals surface area (Å²) in [6, 6.07) is 0. The van der Waals surface area contributed by atoms with Gasteiger partial charge < -0.3 is 4.90 Å². The molecule has 2 aliphatic carbocycles. The number of nitrogen functional groups attached to an aromatic ring is 1. The van der Waals surface area contributed by atoms with Crippen LogP contribution in [0.1, 0.15) is 25.7 Å². The monoisotopic (exact) mass is 251 g/mol. The number of hydrogen-bond donors (Lipinski definition) is 2. The molecule has 0 bridgehead atoms. The van der Waals surface area contributed by atoms with Gasteiger partial charge in [-0.25, -0.2) is 15.2 Å². The first-order valence-electron chi connectivity index (χ1n) is 6.50. The van der Waals surface area contributed by atoms with E-state index in [1.807, 2.05) is 0 Å². The molecule has 0 saturated heterocycles. The summed E-state index contributed by atoms with van der Waals surface area (Å²) in [5.41, 5.74) is 2.37. The van der Waals surface area contributed by atoms with E-state index < -0.39 is 0 Å². The molecule has 6 heteroatoms. The lowest BCUT2D eigenvalue weighted by Crippen LogP contribution is -2.30. The van der Waals surface area contributed by atoms with Crippen molar-refractivity contribution in [2.45, 2.75) is 25.7 Å². The molecule has 0 amide bonds. The topological polar surface area (TPSA) is 67.1 Å². The Bertz CT molecular complexity index is 416. The van der Waals surface area contributed by atoms with Crippen molar-refractivity contribution in [2.75, 3.05) is 23.4 Å². The number of nitrogens with zero attached hydrogens (tertiary/aromatic N) is 3. The Kier molecular flexibility index (Phi) is 3.03. The van der Waals surface area contributed by atoms with Crippen LogP contribution in [0.2, 0.25) is 0 Å². The SMILES string of the molecule is NNc1ncc(F)c(N(CC2CC2)CC2CC2)n1. The van der Waals surface area contributed by atoms with E-state index in [-0.39, 0.29) is 11.8 Å². The minimum atomic E-state index is -0.365. The summed E-state index contributed by atoms with van der Waals surface area (Å²) in [5.74, 6) is 6.97. The molecule has 1 heterocycles. The van der Waals surface area contributed by atoms with Crippen LogP contribution in [0.4, 0.5) is 16.2 Å². The van der Waals surface area contributed by atoms with Gasteiger partial charge in [-0.1, -0.05) is 0 Å². The molecular formula is C12H18FN5. The van der Waals surface area contributed by atoms with E-state index in [4.69, 9.17) is 5.84 Å². The molecule has 0 atom stereocenters. The van der Waals surface area contributed by atoms with E-state index in [1.165, 1.54) is 31.9 Å². The molecule has 18 heavy (non-hydrogen) atoms. The third kappa shape index (κ3) is 2.69. The second-order valence-electron chi connectivity index (χ2n) is 5.30. The van der Waals surface area contributed by atoms with Crippen molar-refractivity contribution >= 4 is 11.8 Å². The van der Waals surface area contributed by atoms with E-state index >= 15 is 0 Å². The molecule has 0 aliphatic heterocycles. The Labute approximate surface area is 106 Å². The summed E-state index contributed by atoms with van der Waals surface area (Å²) < 4.78 is 13.9. The van der Waals surface area contributed by atoms with Gasteiger partial charge in [0.05, 0.1) is 6.20 Å². The highest BCUT2D eigenvalue weighted by atomic mass is 19.1. The summed E-state index contributed by atoms with van der Waals surface area (Å²) in [6.07, 6.45) is 6.17. The van der Waals surface area contributed by atoms with Crippen LogP contribution in [0.3, 0.4) is 0 Å². The van der Waals surface area contributed by atoms with Gasteiger partial charge in [0, 0.05) is 13.1 Å². The molecule has 2 fully saturated rings. The van der Waals surface area contributed by atoms with Crippen LogP contribution in [0, 0.1) is 17.7 Å². The minimum Gasteiger partial charge on any atom is -0.353 e. The molecule has 3 N–H and O–H groups in total. The standard InChI is InChI=1S/C12H18FN5/c13-10-5-15-12(17-14)16-11(10)18(6-8-1-2-8)7-9-3-4-9/h5,8-9H,1-4,6-7,14H2,(H,15,16,17). The fourth-order valence-electron chi connectivity index (χ4n) is 2.12. The average molecular weight is 251 g/mol. The number of hydrazine groups is 1. The fourth-order valence-corrected chi connectivity index (χ4v) is 2.12. The lowest BCUT2D eigenvalue weighted by molar-refractivity contribution is 0.587. The van der Waals surface area contributed by atoms with E-state index in [0.717, 1.165) is 13.1 Å². The molecule has 98 valence electrons. The molecule has 0 radical (unpaired) electrons. The summed E-state index contributed by atoms with van der Waals surface area (Å²) in [5, 5.41) is 0. The fraction of sp³-hybridized carbons (Fsp3) is 0.667. The van der Waals surface area contributed by atoms with E-state index in [9.17, 15) is 4.39 Å². The molecule has 2 saturated carbocycles. The lowest BCUT2D eigenvalue weighted by atomic mass is 10.3. The summed E-state index contributed by atoms with van der Waals surface area (Å²) >= 11 is 0. The highest BCUT2D eigenvalue weighted by Gasteiger charge is 2.31. The van der Waals surface area contributed by atoms with Gasteiger partial charge in [0.1, 0.15) is 0 Å². The first kappa shape index (κ1) is 11.6. The van der Waals surface area contributed by atoms with Gasteiger partial charge in [-0.3, -0.25) is 5.43 Å². The number of nitrogens with one attached hydrogen (secondary N) is 1. The number of anilines is 2. The van der Waals surface area contributed by atoms with Crippen molar-refractivity contribution in [3.63, 3.8) is 0 Å². The number of halogens is 1. The van der Waals surface area contributed by atoms with Crippen LogP contribution >= 0.6 is 0 Å². The molecule has 0 unspecified atom stereocenters. The quantitative estimate of drug-likeness (QED) is 0.593. The normalized spacial score (nSPS) is 18.8. The van der Waals surface area contributed by atoms with Gasteiger partial charge >= 0.3 is 0 Å². The van der Waals surface area contributed by atoms with Crippen molar-refractivity contribution in [1.82, 2.24) is 9.97 Å². The largest absolute Gasteiger partial charge is 0.353 e. The maximum absolute atomic E-state index is 13.9. The molecular weight excluding hydrogens is 233 g/mol. The zero-order valence-electron chi connectivity index (χ0n) is 10.3. The zero-order valence-corrected chi connectivity index (χ0v) is 10.3. The number of rotatable bonds is 6. The first-order chi connectivity index (χ1) is 8.76. The van der Waals surface area contributed by atoms with Crippen LogP contribution in [0.25, 0.3) is 0 Å². The Morgan fingerprint density at radius 2 is 1.89 bits per heavy atom. The zero-order chi connectivity index (χ0) is 12.5. The van der Waals surface area contributed by atoms with Crippen LogP contribution in [0.15, 0.2) is 6.20 Å². The summed E-state index contributed by atoms with van der Waals surface area (Å²) in [4.78, 5) is 10.00. The maximum atomic E-state index is 13.9. The molecule has 3 rings (SSSR count). The van der Waals surface area contributed by atoms with E-state index in [1.54, 1.807) is 0 Å². The van der Waals surface area contributed by atoms with Crippen molar-refractivity contribution in [1.29, 1.82) is 0 Å². The summed E-state index contributed by atoms with van der Waals surface area (Å²) in [7, 11) is 0. The highest BCUT2D eigenvalue weighted by molar-refractivity contribution is 5.44. The van der Waals surface area contributed by atoms with E-state index in [2.05, 4.69) is 20.3 Å². The predicted octanol–water partition coefficient (Wildman–Crippen LogP) is 1.53. The first-order valence-corrected chi connectivity index (χ1v) is 6.50. The third-order valence-electron chi connectivity index (χ3n) is 3.51. The van der Waals surface area contributed by atoms with Crippen molar-refractivity contribution in [3.05, 3.63) is 12.0 Å². The van der Waals surface area contributed by atoms with Crippen LogP contribution < -0.4 is 16.2 Å². The Morgan fingerprint density at radius 1 is 1.28 bits per heavy atom. The van der Waals surface area contributed by atoms with E-state index in [0.29, 0.717) is 17.7 Å². The maximum Gasteiger partial charge on any atom is 0.239 e. The van der Waals surface area contributed by atoms with Crippen molar-refractivity contribution in [3.8, 4) is 0 Å². The highest BCUT2D eigenvalue weighted by Crippen LogP contribution is 2.35. The minimum absolute atomic E-state index is 0.267. The molecule has 0 spiro atoms. The van der Waals surface area contributed by atoms with Gasteiger partial charge in [-0.15, -0.1) is 0 Å². The lowest BCUT2D eigenvalue weighted by Gasteiger charge is -2.24. The van der Waals surface area contributed by atoms with Gasteiger partial charge in [0.2, 0.25) is 5.95 Å². The van der Waals surface area contributed by atoms with Gasteiger partial charge in [0.25, 0.3) is 0 Å². The van der Waals surface area contributed by atoms with Crippen LogP contribution in [-0.2, 0) is 0 Å². The Morgan fingerprint density at radius 3 is 2.39 bits per heavy atom. The number of nitrogens with two attached hydrogens (primary N) is 1. The molecule has 2 aliphatic rings. The smallest absolute Gasteiger partial charge is 0.239 e. The van der Waals surface area contributed by atoms with Gasteiger partial charge in [-0.05, 0) is 37.5 Å². The van der Waals surface area contributed by atoms with Crippen molar-refractivity contribution < 1.29 is 4.39 Å². The second kappa shape index (κ2) is 4.68. The third-order valence-corrected chi connectivity index (χ3v) is 3.51. The molecule has 5 nitrogen and oxygen atoms in total. The molecule has 1 aromatic rings. The summed E-state index contributed by atoms with van der Waals surface area (Å²) in [6.45, 7) is 1.79. The van der Waals surface area contributed by atoms with Gasteiger partial charge in [-0.2, -0.15) is 4.98 Å². The Balaban J connectivity index is 1.81. The Hall–Kier alpha value is -1.43. The van der Waals surface area contributed by atoms with Crippen molar-refractivity contribution in [2.24, 2.45) is 17.7 Å². The van der Waals surface area contributed by atoms with Gasteiger partial charge in [0.15, 0.2) is 11.6 Å². The number of aromatic nitrogens is 2. The molecule has 1 aromatic heterocycles. The number of hydrogen-bond acceptors (Lipinski definition) is 5. The molecule has 0 aromatic carbocycles. The predicted molar refractivity (Wildman–Crippen MR) is 67.5 cm³/mol. The average Bonchev–Trinajstić information content (AvgIpc) is 3.24. The second-order valence-corrected chi connectivity index (χ2v) is 5.30.